The summed E-state index contributed by atoms with van der Waals surface area (Å²) >= 11 is 0. The fourth-order valence-corrected chi connectivity index (χ4v) is 13.4. The van der Waals surface area contributed by atoms with E-state index < -0.39 is 24.1 Å². The minimum absolute atomic E-state index is 0.00203. The summed E-state index contributed by atoms with van der Waals surface area (Å²) in [6, 6.07) is 8.79. The third-order valence-electron chi connectivity index (χ3n) is 11.5. The van der Waals surface area contributed by atoms with Gasteiger partial charge in [-0.25, -0.2) is 25.4 Å². The maximum Gasteiger partial charge on any atom is 0.235 e. The van der Waals surface area contributed by atoms with E-state index in [9.17, 15) is 16.8 Å². The number of hydrogen-bond acceptors (Lipinski definition) is 8. The molecule has 0 aromatic heterocycles. The minimum atomic E-state index is -4.25. The first-order valence-electron chi connectivity index (χ1n) is 23.1. The van der Waals surface area contributed by atoms with E-state index in [4.69, 9.17) is 21.0 Å². The lowest BCUT2D eigenvalue weighted by Gasteiger charge is -2.39. The Labute approximate surface area is 351 Å². The van der Waals surface area contributed by atoms with Gasteiger partial charge in [-0.3, -0.25) is 0 Å². The number of hydrogen-bond donors (Lipinski definition) is 0. The van der Waals surface area contributed by atoms with Crippen molar-refractivity contribution >= 4 is 20.0 Å². The molecule has 0 radical (unpaired) electrons. The van der Waals surface area contributed by atoms with E-state index in [2.05, 4.69) is 24.3 Å². The average Bonchev–Trinajstić information content (AvgIpc) is 3.19. The Morgan fingerprint density at radius 1 is 0.333 bits per heavy atom. The van der Waals surface area contributed by atoms with Crippen molar-refractivity contribution in [3.63, 3.8) is 0 Å². The Kier molecular flexibility index (Phi) is 35.4. The molecule has 0 aromatic rings. The second-order valence-corrected chi connectivity index (χ2v) is 20.7. The molecule has 10 nitrogen and oxygen atoms in total. The van der Waals surface area contributed by atoms with Gasteiger partial charge in [0.2, 0.25) is 24.1 Å². The predicted octanol–water partition coefficient (Wildman–Crippen LogP) is 12.3. The van der Waals surface area contributed by atoms with Gasteiger partial charge in [-0.1, -0.05) is 142 Å². The van der Waals surface area contributed by atoms with Crippen LogP contribution in [-0.4, -0.2) is 55.7 Å². The van der Waals surface area contributed by atoms with Crippen LogP contribution in [0.4, 0.5) is 0 Å². The number of sulfonamides is 2. The Bertz CT molecular complexity index is 1190. The van der Waals surface area contributed by atoms with Crippen molar-refractivity contribution in [3.05, 3.63) is 0 Å². The summed E-state index contributed by atoms with van der Waals surface area (Å²) in [6.07, 6.45) is 28.8. The van der Waals surface area contributed by atoms with Crippen LogP contribution in [-0.2, 0) is 20.0 Å². The molecule has 0 aromatic carbocycles. The Balaban J connectivity index is 5.99. The van der Waals surface area contributed by atoms with E-state index in [1.54, 1.807) is 13.8 Å². The highest BCUT2D eigenvalue weighted by atomic mass is 32.3. The summed E-state index contributed by atoms with van der Waals surface area (Å²) < 4.78 is 61.0. The topological polar surface area (TPSA) is 170 Å². The van der Waals surface area contributed by atoms with Gasteiger partial charge in [-0.15, -0.1) is 0 Å². The Morgan fingerprint density at radius 3 is 0.684 bits per heavy atom. The Hall–Kier alpha value is -2.22. The summed E-state index contributed by atoms with van der Waals surface area (Å²) in [7, 11) is -8.49. The van der Waals surface area contributed by atoms with Crippen molar-refractivity contribution in [3.8, 4) is 24.3 Å². The van der Waals surface area contributed by atoms with Crippen molar-refractivity contribution < 1.29 is 16.8 Å². The molecular weight excluding hydrogens is 753 g/mol. The van der Waals surface area contributed by atoms with Crippen LogP contribution in [0.2, 0.25) is 0 Å². The van der Waals surface area contributed by atoms with Crippen molar-refractivity contribution in [2.24, 2.45) is 0 Å². The van der Waals surface area contributed by atoms with Crippen LogP contribution in [0.25, 0.3) is 0 Å². The van der Waals surface area contributed by atoms with Crippen molar-refractivity contribution in [2.45, 2.75) is 236 Å². The molecule has 0 amide bonds. The first-order chi connectivity index (χ1) is 27.7. The minimum Gasteiger partial charge on any atom is -0.210 e. The summed E-state index contributed by atoms with van der Waals surface area (Å²) in [6.45, 7) is 4.75. The quantitative estimate of drug-likeness (QED) is 0.0547. The van der Waals surface area contributed by atoms with Gasteiger partial charge in [0, 0.05) is 51.9 Å². The molecule has 0 spiro atoms. The number of nitrogens with zero attached hydrogens (tertiary/aromatic N) is 6. The normalized spacial score (nSPS) is 12.1. The maximum atomic E-state index is 15.0. The van der Waals surface area contributed by atoms with Gasteiger partial charge in [0.1, 0.15) is 0 Å². The molecule has 0 fully saturated rings. The highest BCUT2D eigenvalue weighted by Crippen LogP contribution is 2.38. The summed E-state index contributed by atoms with van der Waals surface area (Å²) in [5, 5.41) is 35.2. The van der Waals surface area contributed by atoms with Crippen molar-refractivity contribution in [1.82, 2.24) is 8.61 Å². The largest absolute Gasteiger partial charge is 0.235 e. The third kappa shape index (κ3) is 23.8. The molecule has 0 aliphatic heterocycles. The van der Waals surface area contributed by atoms with Gasteiger partial charge in [0.15, 0.2) is 0 Å². The summed E-state index contributed by atoms with van der Waals surface area (Å²) in [4.78, 5) is 0. The van der Waals surface area contributed by atoms with Gasteiger partial charge < -0.3 is 0 Å². The smallest absolute Gasteiger partial charge is 0.210 e. The van der Waals surface area contributed by atoms with Crippen LogP contribution in [0.1, 0.15) is 232 Å². The first kappa shape index (κ1) is 54.8. The lowest BCUT2D eigenvalue weighted by molar-refractivity contribution is 0.351. The van der Waals surface area contributed by atoms with Crippen LogP contribution in [0, 0.1) is 45.3 Å². The van der Waals surface area contributed by atoms with E-state index in [0.717, 1.165) is 154 Å². The molecule has 57 heavy (non-hydrogen) atoms. The molecule has 0 saturated carbocycles. The average molecular weight is 835 g/mol. The standard InChI is InChI=1S/C45H82N6O4S2/c1-3-45(4-2,56(52,53)50(41-33-25-17-9-5-13-21-29-37-46)42-34-26-18-10-6-14-22-30-38-47)57(54,55)51(43-35-27-19-11-7-15-23-31-39-48)44-36-28-20-12-8-16-24-32-40-49/h3-36,41-44H2,1-2H3. The molecular formula is C45H82N6O4S2. The van der Waals surface area contributed by atoms with E-state index in [1.807, 2.05) is 0 Å². The van der Waals surface area contributed by atoms with Crippen molar-refractivity contribution in [2.75, 3.05) is 26.2 Å². The molecule has 0 atom stereocenters. The molecule has 0 aliphatic carbocycles. The first-order valence-corrected chi connectivity index (χ1v) is 26.0. The highest BCUT2D eigenvalue weighted by Gasteiger charge is 2.56. The van der Waals surface area contributed by atoms with E-state index in [-0.39, 0.29) is 12.8 Å². The fourth-order valence-electron chi connectivity index (χ4n) is 7.79. The molecule has 0 aliphatic rings. The van der Waals surface area contributed by atoms with Crippen LogP contribution >= 0.6 is 0 Å². The van der Waals surface area contributed by atoms with E-state index in [1.165, 1.54) is 8.61 Å². The van der Waals surface area contributed by atoms with Gasteiger partial charge in [-0.05, 0) is 64.2 Å². The molecule has 328 valence electrons. The molecule has 0 bridgehead atoms. The van der Waals surface area contributed by atoms with Crippen LogP contribution in [0.3, 0.4) is 0 Å². The molecule has 0 saturated heterocycles. The molecule has 0 N–H and O–H groups in total. The zero-order chi connectivity index (χ0) is 42.4. The van der Waals surface area contributed by atoms with E-state index >= 15 is 0 Å². The van der Waals surface area contributed by atoms with Crippen LogP contribution < -0.4 is 0 Å². The van der Waals surface area contributed by atoms with Crippen molar-refractivity contribution in [1.29, 1.82) is 21.0 Å². The molecule has 0 heterocycles. The monoisotopic (exact) mass is 835 g/mol. The Morgan fingerprint density at radius 2 is 0.509 bits per heavy atom. The zero-order valence-electron chi connectivity index (χ0n) is 36.5. The zero-order valence-corrected chi connectivity index (χ0v) is 38.1. The SMILES string of the molecule is CCC(CC)(S(=O)(=O)N(CCCCCCCCCC#N)CCCCCCCCCC#N)S(=O)(=O)N(CCCCCCCCCC#N)CCCCCCCCCC#N. The van der Waals surface area contributed by atoms with Crippen LogP contribution in [0.5, 0.6) is 0 Å². The third-order valence-corrected chi connectivity index (χ3v) is 17.9. The maximum absolute atomic E-state index is 15.0. The fraction of sp³-hybridized carbons (Fsp3) is 0.911. The lowest BCUT2D eigenvalue weighted by Crippen LogP contribution is -2.58. The number of unbranched alkanes of at least 4 members (excludes halogenated alkanes) is 28. The lowest BCUT2D eigenvalue weighted by atomic mass is 10.1. The van der Waals surface area contributed by atoms with Gasteiger partial charge in [0.25, 0.3) is 0 Å². The molecule has 0 rings (SSSR count). The van der Waals surface area contributed by atoms with E-state index in [0.29, 0.717) is 77.5 Å². The number of rotatable bonds is 42. The molecule has 12 heteroatoms. The summed E-state index contributed by atoms with van der Waals surface area (Å²) in [5.41, 5.74) is 0. The van der Waals surface area contributed by atoms with Gasteiger partial charge >= 0.3 is 0 Å². The second kappa shape index (κ2) is 36.8. The number of nitriles is 4. The van der Waals surface area contributed by atoms with Gasteiger partial charge in [-0.2, -0.15) is 21.0 Å². The summed E-state index contributed by atoms with van der Waals surface area (Å²) in [5.74, 6) is 0. The van der Waals surface area contributed by atoms with Crippen LogP contribution in [0.15, 0.2) is 0 Å². The highest BCUT2D eigenvalue weighted by molar-refractivity contribution is 8.08. The molecule has 0 unspecified atom stereocenters. The second-order valence-electron chi connectivity index (χ2n) is 16.0. The van der Waals surface area contributed by atoms with Gasteiger partial charge in [0.05, 0.1) is 24.3 Å². The predicted molar refractivity (Wildman–Crippen MR) is 234 cm³/mol.